The van der Waals surface area contributed by atoms with E-state index >= 15 is 0 Å². The first kappa shape index (κ1) is 14.8. The van der Waals surface area contributed by atoms with Gasteiger partial charge in [0, 0.05) is 4.88 Å². The maximum absolute atomic E-state index is 11.8. The molecule has 4 nitrogen and oxygen atoms in total. The number of aliphatic hydroxyl groups is 1. The summed E-state index contributed by atoms with van der Waals surface area (Å²) in [5.74, 6) is -0.889. The van der Waals surface area contributed by atoms with Gasteiger partial charge < -0.3 is 10.4 Å². The highest BCUT2D eigenvalue weighted by molar-refractivity contribution is 7.19. The van der Waals surface area contributed by atoms with E-state index in [0.717, 1.165) is 10.4 Å². The largest absolute Gasteiger partial charge is 0.511 e. The van der Waals surface area contributed by atoms with Crippen LogP contribution in [-0.2, 0) is 4.79 Å². The van der Waals surface area contributed by atoms with Gasteiger partial charge in [-0.3, -0.25) is 4.79 Å². The zero-order valence-electron chi connectivity index (χ0n) is 11.7. The summed E-state index contributed by atoms with van der Waals surface area (Å²) in [4.78, 5) is 12.9. The van der Waals surface area contributed by atoms with E-state index in [1.807, 2.05) is 37.3 Å². The molecule has 0 saturated heterocycles. The van der Waals surface area contributed by atoms with Crippen LogP contribution in [0.1, 0.15) is 12.5 Å². The number of rotatable bonds is 3. The molecule has 0 atom stereocenters. The number of aliphatic hydroxyl groups excluding tert-OH is 1. The summed E-state index contributed by atoms with van der Waals surface area (Å²) < 4.78 is 0. The average Bonchev–Trinajstić information content (AvgIpc) is 2.88. The molecule has 0 spiro atoms. The number of thiophene rings is 1. The lowest BCUT2D eigenvalue weighted by molar-refractivity contribution is -0.112. The molecular formula is C16H14N2O2S. The summed E-state index contributed by atoms with van der Waals surface area (Å²) in [5, 5.41) is 21.3. The van der Waals surface area contributed by atoms with Gasteiger partial charge in [-0.1, -0.05) is 29.8 Å². The second-order valence-corrected chi connectivity index (χ2v) is 5.64. The SMILES string of the molecule is C/C(O)=C(\C#N)C(=O)Nc1ccc(-c2ccc(C)cc2)s1. The fourth-order valence-electron chi connectivity index (χ4n) is 1.75. The molecule has 0 aliphatic rings. The molecule has 1 aromatic heterocycles. The minimum Gasteiger partial charge on any atom is -0.511 e. The molecule has 0 unspecified atom stereocenters. The first-order valence-corrected chi connectivity index (χ1v) is 7.11. The molecule has 2 rings (SSSR count). The minimum atomic E-state index is -0.602. The van der Waals surface area contributed by atoms with Crippen LogP contribution in [0.25, 0.3) is 10.4 Å². The third kappa shape index (κ3) is 3.50. The summed E-state index contributed by atoms with van der Waals surface area (Å²) >= 11 is 1.41. The third-order valence-electron chi connectivity index (χ3n) is 2.88. The van der Waals surface area contributed by atoms with Crippen LogP contribution in [-0.4, -0.2) is 11.0 Å². The highest BCUT2D eigenvalue weighted by Gasteiger charge is 2.14. The Kier molecular flexibility index (Phi) is 4.41. The lowest BCUT2D eigenvalue weighted by atomic mass is 10.1. The highest BCUT2D eigenvalue weighted by Crippen LogP contribution is 2.31. The maximum atomic E-state index is 11.8. The van der Waals surface area contributed by atoms with Gasteiger partial charge in [0.15, 0.2) is 5.57 Å². The molecular weight excluding hydrogens is 284 g/mol. The van der Waals surface area contributed by atoms with Gasteiger partial charge in [-0.15, -0.1) is 11.3 Å². The molecule has 5 heteroatoms. The smallest absolute Gasteiger partial charge is 0.270 e. The van der Waals surface area contributed by atoms with Gasteiger partial charge in [-0.2, -0.15) is 5.26 Å². The summed E-state index contributed by atoms with van der Waals surface area (Å²) in [6.07, 6.45) is 0. The maximum Gasteiger partial charge on any atom is 0.270 e. The number of aryl methyl sites for hydroxylation is 1. The van der Waals surface area contributed by atoms with Gasteiger partial charge in [-0.25, -0.2) is 0 Å². The van der Waals surface area contributed by atoms with E-state index in [9.17, 15) is 9.90 Å². The number of nitriles is 1. The van der Waals surface area contributed by atoms with Crippen LogP contribution >= 0.6 is 11.3 Å². The van der Waals surface area contributed by atoms with E-state index in [0.29, 0.717) is 5.00 Å². The molecule has 0 aliphatic carbocycles. The molecule has 21 heavy (non-hydrogen) atoms. The van der Waals surface area contributed by atoms with Crippen LogP contribution in [0.2, 0.25) is 0 Å². The Hall–Kier alpha value is -2.58. The van der Waals surface area contributed by atoms with Crippen LogP contribution in [0, 0.1) is 18.3 Å². The standard InChI is InChI=1S/C16H14N2O2S/c1-10-3-5-12(6-4-10)14-7-8-15(21-14)18-16(20)13(9-17)11(2)19/h3-8,19H,1-2H3,(H,18,20)/b13-11-. The number of hydrogen-bond donors (Lipinski definition) is 2. The van der Waals surface area contributed by atoms with Crippen molar-refractivity contribution in [3.63, 3.8) is 0 Å². The fraction of sp³-hybridized carbons (Fsp3) is 0.125. The first-order valence-electron chi connectivity index (χ1n) is 6.29. The van der Waals surface area contributed by atoms with E-state index in [4.69, 9.17) is 5.26 Å². The summed E-state index contributed by atoms with van der Waals surface area (Å²) in [6.45, 7) is 3.33. The van der Waals surface area contributed by atoms with Crippen molar-refractivity contribution in [2.24, 2.45) is 0 Å². The van der Waals surface area contributed by atoms with E-state index in [1.54, 1.807) is 12.1 Å². The van der Waals surface area contributed by atoms with E-state index < -0.39 is 5.91 Å². The summed E-state index contributed by atoms with van der Waals surface area (Å²) in [5.41, 5.74) is 1.98. The molecule has 1 amide bonds. The lowest BCUT2D eigenvalue weighted by Crippen LogP contribution is -2.13. The Labute approximate surface area is 127 Å². The topological polar surface area (TPSA) is 73.1 Å². The molecule has 0 radical (unpaired) electrons. The Balaban J connectivity index is 2.18. The molecule has 0 saturated carbocycles. The van der Waals surface area contributed by atoms with Crippen LogP contribution in [0.3, 0.4) is 0 Å². The number of anilines is 1. The van der Waals surface area contributed by atoms with E-state index in [-0.39, 0.29) is 11.3 Å². The Bertz CT molecular complexity index is 732. The number of allylic oxidation sites excluding steroid dienone is 1. The zero-order valence-corrected chi connectivity index (χ0v) is 12.5. The highest BCUT2D eigenvalue weighted by atomic mass is 32.1. The van der Waals surface area contributed by atoms with Crippen molar-refractivity contribution in [2.45, 2.75) is 13.8 Å². The molecule has 1 heterocycles. The van der Waals surface area contributed by atoms with Crippen molar-refractivity contribution < 1.29 is 9.90 Å². The van der Waals surface area contributed by atoms with Crippen molar-refractivity contribution in [3.05, 3.63) is 53.3 Å². The van der Waals surface area contributed by atoms with E-state index in [1.165, 1.54) is 23.8 Å². The predicted molar refractivity (Wildman–Crippen MR) is 84.1 cm³/mol. The number of benzene rings is 1. The Morgan fingerprint density at radius 2 is 1.90 bits per heavy atom. The van der Waals surface area contributed by atoms with Gasteiger partial charge in [0.1, 0.15) is 11.8 Å². The van der Waals surface area contributed by atoms with Crippen LogP contribution in [0.4, 0.5) is 5.00 Å². The molecule has 1 aromatic carbocycles. The van der Waals surface area contributed by atoms with Crippen molar-refractivity contribution in [2.75, 3.05) is 5.32 Å². The zero-order chi connectivity index (χ0) is 15.4. The number of carbonyl (C=O) groups is 1. The fourth-order valence-corrected chi connectivity index (χ4v) is 2.66. The monoisotopic (exact) mass is 298 g/mol. The second kappa shape index (κ2) is 6.25. The van der Waals surface area contributed by atoms with Crippen LogP contribution in [0.5, 0.6) is 0 Å². The Morgan fingerprint density at radius 3 is 2.48 bits per heavy atom. The molecule has 0 fully saturated rings. The van der Waals surface area contributed by atoms with Crippen molar-refractivity contribution >= 4 is 22.2 Å². The number of hydrogen-bond acceptors (Lipinski definition) is 4. The number of amides is 1. The molecule has 0 bridgehead atoms. The summed E-state index contributed by atoms with van der Waals surface area (Å²) in [7, 11) is 0. The Morgan fingerprint density at radius 1 is 1.24 bits per heavy atom. The third-order valence-corrected chi connectivity index (χ3v) is 3.93. The summed E-state index contributed by atoms with van der Waals surface area (Å²) in [6, 6.07) is 13.5. The van der Waals surface area contributed by atoms with Gasteiger partial charge in [0.2, 0.25) is 0 Å². The number of carbonyl (C=O) groups excluding carboxylic acids is 1. The molecule has 0 aliphatic heterocycles. The first-order chi connectivity index (χ1) is 10.0. The quantitative estimate of drug-likeness (QED) is 0.510. The molecule has 106 valence electrons. The molecule has 2 N–H and O–H groups in total. The van der Waals surface area contributed by atoms with Crippen molar-refractivity contribution in [1.82, 2.24) is 0 Å². The van der Waals surface area contributed by atoms with E-state index in [2.05, 4.69) is 5.32 Å². The van der Waals surface area contributed by atoms with Crippen molar-refractivity contribution in [1.29, 1.82) is 5.26 Å². The average molecular weight is 298 g/mol. The lowest BCUT2D eigenvalue weighted by Gasteiger charge is -2.01. The van der Waals surface area contributed by atoms with Crippen molar-refractivity contribution in [3.8, 4) is 16.5 Å². The van der Waals surface area contributed by atoms with Gasteiger partial charge in [0.05, 0.1) is 5.00 Å². The normalized spacial score (nSPS) is 11.5. The van der Waals surface area contributed by atoms with Gasteiger partial charge in [-0.05, 0) is 31.5 Å². The van der Waals surface area contributed by atoms with Gasteiger partial charge in [0.25, 0.3) is 5.91 Å². The predicted octanol–water partition coefficient (Wildman–Crippen LogP) is 4.02. The van der Waals surface area contributed by atoms with Crippen LogP contribution < -0.4 is 5.32 Å². The number of nitrogens with zero attached hydrogens (tertiary/aromatic N) is 1. The minimum absolute atomic E-state index is 0.278. The second-order valence-electron chi connectivity index (χ2n) is 4.56. The van der Waals surface area contributed by atoms with Gasteiger partial charge >= 0.3 is 0 Å². The van der Waals surface area contributed by atoms with Crippen LogP contribution in [0.15, 0.2) is 47.7 Å². The molecule has 2 aromatic rings. The number of nitrogens with one attached hydrogen (secondary N) is 1.